The summed E-state index contributed by atoms with van der Waals surface area (Å²) in [5.41, 5.74) is 6.53. The van der Waals surface area contributed by atoms with Crippen LogP contribution < -0.4 is 5.73 Å². The van der Waals surface area contributed by atoms with Gasteiger partial charge in [-0.1, -0.05) is 5.16 Å². The highest BCUT2D eigenvalue weighted by atomic mass is 79.9. The Labute approximate surface area is 124 Å². The standard InChI is InChI=1S/C12H16BrN3O2S/c1-4-17-6-12(3,14)11-15-10(18-16-11)8-5-7(2)9(13)19-8/h5H,4,6,14H2,1-3H3. The number of ether oxygens (including phenoxy) is 1. The van der Waals surface area contributed by atoms with Gasteiger partial charge in [-0.05, 0) is 48.3 Å². The minimum absolute atomic E-state index is 0.357. The van der Waals surface area contributed by atoms with Gasteiger partial charge in [-0.2, -0.15) is 4.98 Å². The minimum Gasteiger partial charge on any atom is -0.379 e. The molecule has 7 heteroatoms. The monoisotopic (exact) mass is 345 g/mol. The van der Waals surface area contributed by atoms with E-state index in [-0.39, 0.29) is 0 Å². The van der Waals surface area contributed by atoms with Gasteiger partial charge in [-0.3, -0.25) is 0 Å². The summed E-state index contributed by atoms with van der Waals surface area (Å²) < 4.78 is 11.7. The molecule has 0 fully saturated rings. The second kappa shape index (κ2) is 5.70. The molecule has 0 aliphatic rings. The van der Waals surface area contributed by atoms with E-state index in [0.29, 0.717) is 24.9 Å². The first-order valence-corrected chi connectivity index (χ1v) is 7.52. The van der Waals surface area contributed by atoms with Crippen molar-refractivity contribution in [1.29, 1.82) is 0 Å². The minimum atomic E-state index is -0.749. The molecule has 0 radical (unpaired) electrons. The van der Waals surface area contributed by atoms with Crippen LogP contribution in [-0.4, -0.2) is 23.4 Å². The molecule has 2 aromatic heterocycles. The van der Waals surface area contributed by atoms with Crippen LogP contribution in [0.5, 0.6) is 0 Å². The van der Waals surface area contributed by atoms with E-state index in [4.69, 9.17) is 15.0 Å². The topological polar surface area (TPSA) is 74.2 Å². The maximum absolute atomic E-state index is 6.13. The van der Waals surface area contributed by atoms with E-state index in [1.165, 1.54) is 0 Å². The van der Waals surface area contributed by atoms with Crippen LogP contribution in [-0.2, 0) is 10.3 Å². The number of hydrogen-bond acceptors (Lipinski definition) is 6. The van der Waals surface area contributed by atoms with Gasteiger partial charge in [0.05, 0.1) is 15.3 Å². The molecule has 2 rings (SSSR count). The van der Waals surface area contributed by atoms with Crippen LogP contribution in [0.2, 0.25) is 0 Å². The predicted octanol–water partition coefficient (Wildman–Crippen LogP) is 3.08. The average molecular weight is 346 g/mol. The third-order valence-corrected chi connectivity index (χ3v) is 4.74. The summed E-state index contributed by atoms with van der Waals surface area (Å²) in [4.78, 5) is 5.29. The number of nitrogens with two attached hydrogens (primary N) is 1. The van der Waals surface area contributed by atoms with Crippen molar-refractivity contribution in [1.82, 2.24) is 10.1 Å². The van der Waals surface area contributed by atoms with Gasteiger partial charge in [-0.15, -0.1) is 11.3 Å². The summed E-state index contributed by atoms with van der Waals surface area (Å²) in [7, 11) is 0. The number of hydrogen-bond donors (Lipinski definition) is 1. The van der Waals surface area contributed by atoms with E-state index < -0.39 is 5.54 Å². The van der Waals surface area contributed by atoms with Gasteiger partial charge in [0.1, 0.15) is 5.54 Å². The van der Waals surface area contributed by atoms with E-state index in [1.54, 1.807) is 11.3 Å². The molecule has 1 unspecified atom stereocenters. The van der Waals surface area contributed by atoms with Gasteiger partial charge in [0.25, 0.3) is 5.89 Å². The number of rotatable bonds is 5. The number of nitrogens with zero attached hydrogens (tertiary/aromatic N) is 2. The molecule has 2 aromatic rings. The lowest BCUT2D eigenvalue weighted by Gasteiger charge is -2.19. The molecule has 19 heavy (non-hydrogen) atoms. The molecule has 0 aromatic carbocycles. The summed E-state index contributed by atoms with van der Waals surface area (Å²) in [6.45, 7) is 6.73. The van der Waals surface area contributed by atoms with Crippen LogP contribution in [0, 0.1) is 6.92 Å². The summed E-state index contributed by atoms with van der Waals surface area (Å²) in [5, 5.41) is 3.96. The van der Waals surface area contributed by atoms with E-state index in [9.17, 15) is 0 Å². The average Bonchev–Trinajstić information content (AvgIpc) is 2.95. The van der Waals surface area contributed by atoms with Crippen molar-refractivity contribution in [2.24, 2.45) is 5.73 Å². The van der Waals surface area contributed by atoms with E-state index in [1.807, 2.05) is 26.8 Å². The second-order valence-electron chi connectivity index (χ2n) is 4.55. The van der Waals surface area contributed by atoms with E-state index in [2.05, 4.69) is 26.1 Å². The fourth-order valence-electron chi connectivity index (χ4n) is 1.50. The van der Waals surface area contributed by atoms with Crippen LogP contribution in [0.3, 0.4) is 0 Å². The Bertz CT molecular complexity index is 546. The molecular weight excluding hydrogens is 330 g/mol. The first-order chi connectivity index (χ1) is 8.94. The highest BCUT2D eigenvalue weighted by Crippen LogP contribution is 2.34. The molecular formula is C12H16BrN3O2S. The smallest absolute Gasteiger partial charge is 0.268 e. The zero-order valence-corrected chi connectivity index (χ0v) is 13.5. The second-order valence-corrected chi connectivity index (χ2v) is 6.92. The van der Waals surface area contributed by atoms with Crippen LogP contribution in [0.4, 0.5) is 0 Å². The summed E-state index contributed by atoms with van der Waals surface area (Å²) in [6.07, 6.45) is 0. The molecule has 0 aliphatic carbocycles. The summed E-state index contributed by atoms with van der Waals surface area (Å²) in [6, 6.07) is 2.00. The Morgan fingerprint density at radius 2 is 2.32 bits per heavy atom. The quantitative estimate of drug-likeness (QED) is 0.901. The number of aryl methyl sites for hydroxylation is 1. The molecule has 5 nitrogen and oxygen atoms in total. The maximum Gasteiger partial charge on any atom is 0.268 e. The number of thiophene rings is 1. The van der Waals surface area contributed by atoms with Crippen molar-refractivity contribution in [3.63, 3.8) is 0 Å². The van der Waals surface area contributed by atoms with E-state index in [0.717, 1.165) is 14.2 Å². The molecule has 0 saturated carbocycles. The van der Waals surface area contributed by atoms with Gasteiger partial charge in [0, 0.05) is 6.61 Å². The van der Waals surface area contributed by atoms with Crippen molar-refractivity contribution in [2.45, 2.75) is 26.3 Å². The lowest BCUT2D eigenvalue weighted by Crippen LogP contribution is -2.39. The first-order valence-electron chi connectivity index (χ1n) is 5.91. The molecule has 0 spiro atoms. The highest BCUT2D eigenvalue weighted by Gasteiger charge is 2.28. The third-order valence-electron chi connectivity index (χ3n) is 2.61. The van der Waals surface area contributed by atoms with Crippen molar-refractivity contribution >= 4 is 27.3 Å². The largest absolute Gasteiger partial charge is 0.379 e. The lowest BCUT2D eigenvalue weighted by atomic mass is 10.1. The van der Waals surface area contributed by atoms with Crippen molar-refractivity contribution < 1.29 is 9.26 Å². The Balaban J connectivity index is 2.23. The molecule has 0 amide bonds. The molecule has 0 saturated heterocycles. The van der Waals surface area contributed by atoms with Crippen molar-refractivity contribution in [3.05, 3.63) is 21.2 Å². The van der Waals surface area contributed by atoms with Gasteiger partial charge in [0.15, 0.2) is 5.82 Å². The van der Waals surface area contributed by atoms with Gasteiger partial charge in [-0.25, -0.2) is 0 Å². The Morgan fingerprint density at radius 1 is 1.58 bits per heavy atom. The number of aromatic nitrogens is 2. The van der Waals surface area contributed by atoms with Crippen molar-refractivity contribution in [3.8, 4) is 10.8 Å². The van der Waals surface area contributed by atoms with Gasteiger partial charge >= 0.3 is 0 Å². The maximum atomic E-state index is 6.13. The molecule has 104 valence electrons. The normalized spacial score (nSPS) is 14.6. The summed E-state index contributed by atoms with van der Waals surface area (Å²) >= 11 is 5.04. The van der Waals surface area contributed by atoms with Gasteiger partial charge in [0.2, 0.25) is 0 Å². The van der Waals surface area contributed by atoms with Crippen LogP contribution in [0.25, 0.3) is 10.8 Å². The molecule has 1 atom stereocenters. The molecule has 2 heterocycles. The van der Waals surface area contributed by atoms with Gasteiger partial charge < -0.3 is 15.0 Å². The van der Waals surface area contributed by atoms with Crippen LogP contribution in [0.1, 0.15) is 25.2 Å². The highest BCUT2D eigenvalue weighted by molar-refractivity contribution is 9.11. The fourth-order valence-corrected chi connectivity index (χ4v) is 2.96. The Kier molecular flexibility index (Phi) is 4.39. The zero-order chi connectivity index (χ0) is 14.0. The van der Waals surface area contributed by atoms with Crippen LogP contribution >= 0.6 is 27.3 Å². The summed E-state index contributed by atoms with van der Waals surface area (Å²) in [5.74, 6) is 0.945. The fraction of sp³-hybridized carbons (Fsp3) is 0.500. The lowest BCUT2D eigenvalue weighted by molar-refractivity contribution is 0.0962. The first kappa shape index (κ1) is 14.6. The molecule has 0 bridgehead atoms. The zero-order valence-electron chi connectivity index (χ0n) is 11.1. The van der Waals surface area contributed by atoms with E-state index >= 15 is 0 Å². The Hall–Kier alpha value is -0.760. The Morgan fingerprint density at radius 3 is 2.89 bits per heavy atom. The third kappa shape index (κ3) is 3.22. The number of halogens is 1. The predicted molar refractivity (Wildman–Crippen MR) is 78.1 cm³/mol. The van der Waals surface area contributed by atoms with Crippen molar-refractivity contribution in [2.75, 3.05) is 13.2 Å². The SMILES string of the molecule is CCOCC(C)(N)c1noc(-c2cc(C)c(Br)s2)n1. The molecule has 2 N–H and O–H groups in total. The molecule has 0 aliphatic heterocycles. The van der Waals surface area contributed by atoms with Crippen LogP contribution in [0.15, 0.2) is 14.4 Å².